The van der Waals surface area contributed by atoms with Crippen molar-refractivity contribution in [2.24, 2.45) is 11.5 Å². The zero-order valence-corrected chi connectivity index (χ0v) is 13.3. The summed E-state index contributed by atoms with van der Waals surface area (Å²) in [6.07, 6.45) is 1.11. The number of hydrogen-bond donors (Lipinski definition) is 4. The van der Waals surface area contributed by atoms with E-state index in [9.17, 15) is 9.59 Å². The SMILES string of the molecule is NCC(N)CCC(=O)NCCCNC(=O)OCc1ccccc1. The number of ether oxygens (including phenoxy) is 1. The largest absolute Gasteiger partial charge is 0.445 e. The Morgan fingerprint density at radius 2 is 1.83 bits per heavy atom. The van der Waals surface area contributed by atoms with E-state index in [4.69, 9.17) is 16.2 Å². The molecule has 0 spiro atoms. The molecule has 0 radical (unpaired) electrons. The maximum atomic E-state index is 11.5. The van der Waals surface area contributed by atoms with Crippen molar-refractivity contribution >= 4 is 12.0 Å². The first-order valence-electron chi connectivity index (χ1n) is 7.78. The summed E-state index contributed by atoms with van der Waals surface area (Å²) in [5.74, 6) is -0.0550. The van der Waals surface area contributed by atoms with Crippen LogP contribution in [0.3, 0.4) is 0 Å². The first kappa shape index (κ1) is 18.9. The molecule has 0 aliphatic carbocycles. The average molecular weight is 322 g/mol. The summed E-state index contributed by atoms with van der Waals surface area (Å²) >= 11 is 0. The van der Waals surface area contributed by atoms with Gasteiger partial charge in [0.1, 0.15) is 6.61 Å². The number of amides is 2. The quantitative estimate of drug-likeness (QED) is 0.467. The predicted molar refractivity (Wildman–Crippen MR) is 88.5 cm³/mol. The number of rotatable bonds is 10. The van der Waals surface area contributed by atoms with E-state index in [1.54, 1.807) is 0 Å². The molecule has 7 heteroatoms. The third-order valence-corrected chi connectivity index (χ3v) is 3.20. The molecule has 1 atom stereocenters. The van der Waals surface area contributed by atoms with Gasteiger partial charge < -0.3 is 26.8 Å². The Kier molecular flexibility index (Phi) is 9.42. The summed E-state index contributed by atoms with van der Waals surface area (Å²) in [6, 6.07) is 9.32. The predicted octanol–water partition coefficient (Wildman–Crippen LogP) is 0.485. The van der Waals surface area contributed by atoms with Crippen molar-refractivity contribution in [1.29, 1.82) is 0 Å². The molecular formula is C16H26N4O3. The molecule has 0 saturated carbocycles. The number of nitrogens with two attached hydrogens (primary N) is 2. The lowest BCUT2D eigenvalue weighted by Crippen LogP contribution is -2.33. The van der Waals surface area contributed by atoms with Crippen LogP contribution in [0.2, 0.25) is 0 Å². The van der Waals surface area contributed by atoms with Gasteiger partial charge in [-0.25, -0.2) is 4.79 Å². The lowest BCUT2D eigenvalue weighted by Gasteiger charge is -2.09. The molecule has 6 N–H and O–H groups in total. The Morgan fingerprint density at radius 1 is 1.13 bits per heavy atom. The second kappa shape index (κ2) is 11.4. The minimum absolute atomic E-state index is 0.0550. The number of benzene rings is 1. The van der Waals surface area contributed by atoms with Gasteiger partial charge in [-0.2, -0.15) is 0 Å². The van der Waals surface area contributed by atoms with Crippen molar-refractivity contribution in [2.45, 2.75) is 31.9 Å². The number of carbonyl (C=O) groups is 2. The van der Waals surface area contributed by atoms with Crippen LogP contribution in [0.1, 0.15) is 24.8 Å². The molecule has 0 heterocycles. The molecule has 1 unspecified atom stereocenters. The van der Waals surface area contributed by atoms with Crippen molar-refractivity contribution in [3.05, 3.63) is 35.9 Å². The maximum absolute atomic E-state index is 11.5. The molecule has 0 bridgehead atoms. The smallest absolute Gasteiger partial charge is 0.407 e. The number of hydrogen-bond acceptors (Lipinski definition) is 5. The van der Waals surface area contributed by atoms with Crippen LogP contribution in [-0.4, -0.2) is 37.7 Å². The van der Waals surface area contributed by atoms with Gasteiger partial charge in [0.25, 0.3) is 0 Å². The van der Waals surface area contributed by atoms with Gasteiger partial charge in [-0.3, -0.25) is 4.79 Å². The first-order chi connectivity index (χ1) is 11.1. The molecule has 128 valence electrons. The summed E-state index contributed by atoms with van der Waals surface area (Å²) in [4.78, 5) is 23.0. The molecule has 0 aliphatic heterocycles. The highest BCUT2D eigenvalue weighted by molar-refractivity contribution is 5.75. The van der Waals surface area contributed by atoms with Crippen molar-refractivity contribution in [2.75, 3.05) is 19.6 Å². The summed E-state index contributed by atoms with van der Waals surface area (Å²) in [7, 11) is 0. The van der Waals surface area contributed by atoms with Crippen molar-refractivity contribution in [3.8, 4) is 0 Å². The van der Waals surface area contributed by atoms with Crippen molar-refractivity contribution < 1.29 is 14.3 Å². The molecule has 7 nitrogen and oxygen atoms in total. The lowest BCUT2D eigenvalue weighted by molar-refractivity contribution is -0.121. The van der Waals surface area contributed by atoms with Gasteiger partial charge in [-0.15, -0.1) is 0 Å². The van der Waals surface area contributed by atoms with Gasteiger partial charge in [0.2, 0.25) is 5.91 Å². The van der Waals surface area contributed by atoms with Crippen molar-refractivity contribution in [1.82, 2.24) is 10.6 Å². The number of alkyl carbamates (subject to hydrolysis) is 1. The molecule has 1 aromatic carbocycles. The Labute approximate surface area is 136 Å². The molecule has 0 fully saturated rings. The summed E-state index contributed by atoms with van der Waals surface area (Å²) < 4.78 is 5.07. The Balaban J connectivity index is 1.99. The normalized spacial score (nSPS) is 11.6. The molecule has 1 rings (SSSR count). The van der Waals surface area contributed by atoms with E-state index in [1.807, 2.05) is 30.3 Å². The van der Waals surface area contributed by atoms with Gasteiger partial charge in [0, 0.05) is 32.1 Å². The summed E-state index contributed by atoms with van der Waals surface area (Å²) in [6.45, 7) is 1.55. The van der Waals surface area contributed by atoms with Gasteiger partial charge in [-0.1, -0.05) is 30.3 Å². The Hall–Kier alpha value is -2.12. The zero-order chi connectivity index (χ0) is 16.9. The van der Waals surface area contributed by atoms with Crippen LogP contribution in [0.15, 0.2) is 30.3 Å². The summed E-state index contributed by atoms with van der Waals surface area (Å²) in [5, 5.41) is 5.40. The molecule has 2 amide bonds. The monoisotopic (exact) mass is 322 g/mol. The fraction of sp³-hybridized carbons (Fsp3) is 0.500. The van der Waals surface area contributed by atoms with E-state index < -0.39 is 6.09 Å². The van der Waals surface area contributed by atoms with Crippen molar-refractivity contribution in [3.63, 3.8) is 0 Å². The number of nitrogens with one attached hydrogen (secondary N) is 2. The molecule has 0 aromatic heterocycles. The minimum atomic E-state index is -0.464. The van der Waals surface area contributed by atoms with E-state index >= 15 is 0 Å². The third kappa shape index (κ3) is 9.49. The Bertz CT molecular complexity index is 468. The molecule has 1 aromatic rings. The van der Waals surface area contributed by atoms with Crippen LogP contribution in [0.4, 0.5) is 4.79 Å². The summed E-state index contributed by atoms with van der Waals surface area (Å²) in [5.41, 5.74) is 12.0. The fourth-order valence-electron chi connectivity index (χ4n) is 1.80. The number of carbonyl (C=O) groups excluding carboxylic acids is 2. The molecule has 0 saturated heterocycles. The highest BCUT2D eigenvalue weighted by Gasteiger charge is 2.05. The maximum Gasteiger partial charge on any atom is 0.407 e. The van der Waals surface area contributed by atoms with Crippen LogP contribution in [0.5, 0.6) is 0 Å². The fourth-order valence-corrected chi connectivity index (χ4v) is 1.80. The van der Waals surface area contributed by atoms with E-state index in [0.717, 1.165) is 5.56 Å². The van der Waals surface area contributed by atoms with Gasteiger partial charge in [0.05, 0.1) is 0 Å². The minimum Gasteiger partial charge on any atom is -0.445 e. The lowest BCUT2D eigenvalue weighted by atomic mass is 10.1. The topological polar surface area (TPSA) is 119 Å². The molecule has 23 heavy (non-hydrogen) atoms. The van der Waals surface area contributed by atoms with Crippen LogP contribution in [0, 0.1) is 0 Å². The second-order valence-corrected chi connectivity index (χ2v) is 5.23. The molecule has 0 aliphatic rings. The van der Waals surface area contributed by atoms with Crippen LogP contribution < -0.4 is 22.1 Å². The third-order valence-electron chi connectivity index (χ3n) is 3.20. The van der Waals surface area contributed by atoms with Gasteiger partial charge in [0.15, 0.2) is 0 Å². The van der Waals surface area contributed by atoms with E-state index in [2.05, 4.69) is 10.6 Å². The average Bonchev–Trinajstić information content (AvgIpc) is 2.58. The molecular weight excluding hydrogens is 296 g/mol. The van der Waals surface area contributed by atoms with Gasteiger partial charge in [-0.05, 0) is 18.4 Å². The van der Waals surface area contributed by atoms with E-state index in [-0.39, 0.29) is 18.6 Å². The zero-order valence-electron chi connectivity index (χ0n) is 13.3. The van der Waals surface area contributed by atoms with Crippen LogP contribution >= 0.6 is 0 Å². The van der Waals surface area contributed by atoms with E-state index in [1.165, 1.54) is 0 Å². The standard InChI is InChI=1S/C16H26N4O3/c17-11-14(18)7-8-15(21)19-9-4-10-20-16(22)23-12-13-5-2-1-3-6-13/h1-3,5-6,14H,4,7-12,17-18H2,(H,19,21)(H,20,22). The van der Waals surface area contributed by atoms with E-state index in [0.29, 0.717) is 38.9 Å². The highest BCUT2D eigenvalue weighted by atomic mass is 16.5. The van der Waals surface area contributed by atoms with Gasteiger partial charge >= 0.3 is 6.09 Å². The highest BCUT2D eigenvalue weighted by Crippen LogP contribution is 2.00. The first-order valence-corrected chi connectivity index (χ1v) is 7.78. The van der Waals surface area contributed by atoms with Crippen LogP contribution in [0.25, 0.3) is 0 Å². The Morgan fingerprint density at radius 3 is 2.52 bits per heavy atom. The second-order valence-electron chi connectivity index (χ2n) is 5.23. The van der Waals surface area contributed by atoms with Crippen LogP contribution in [-0.2, 0) is 16.1 Å².